The van der Waals surface area contributed by atoms with Crippen molar-refractivity contribution in [1.29, 1.82) is 0 Å². The first kappa shape index (κ1) is 18.4. The van der Waals surface area contributed by atoms with Gasteiger partial charge in [0.1, 0.15) is 0 Å². The summed E-state index contributed by atoms with van der Waals surface area (Å²) in [5.74, 6) is 6.37. The second-order valence-electron chi connectivity index (χ2n) is 11.2. The van der Waals surface area contributed by atoms with Gasteiger partial charge in [0.05, 0.1) is 0 Å². The Balaban J connectivity index is 1.55. The summed E-state index contributed by atoms with van der Waals surface area (Å²) in [6, 6.07) is 0. The third-order valence-corrected chi connectivity index (χ3v) is 10.4. The van der Waals surface area contributed by atoms with Crippen LogP contribution in [-0.2, 0) is 0 Å². The molecule has 8 unspecified atom stereocenters. The van der Waals surface area contributed by atoms with E-state index < -0.39 is 0 Å². The molecule has 0 heteroatoms. The molecule has 4 fully saturated rings. The van der Waals surface area contributed by atoms with Gasteiger partial charge in [-0.05, 0) is 104 Å². The van der Waals surface area contributed by atoms with Crippen molar-refractivity contribution < 1.29 is 0 Å². The highest BCUT2D eigenvalue weighted by atomic mass is 14.6. The fourth-order valence-corrected chi connectivity index (χ4v) is 9.00. The van der Waals surface area contributed by atoms with E-state index in [1.807, 2.05) is 0 Å². The Morgan fingerprint density at radius 2 is 1.56 bits per heavy atom. The molecule has 0 nitrogen and oxygen atoms in total. The molecule has 25 heavy (non-hydrogen) atoms. The van der Waals surface area contributed by atoms with Gasteiger partial charge in [-0.2, -0.15) is 0 Å². The smallest absolute Gasteiger partial charge is 0.0266 e. The van der Waals surface area contributed by atoms with Gasteiger partial charge >= 0.3 is 0 Å². The van der Waals surface area contributed by atoms with Crippen molar-refractivity contribution in [1.82, 2.24) is 0 Å². The zero-order chi connectivity index (χ0) is 17.7. The molecule has 4 aliphatic carbocycles. The van der Waals surface area contributed by atoms with Crippen molar-refractivity contribution in [2.45, 2.75) is 111 Å². The summed E-state index contributed by atoms with van der Waals surface area (Å²) in [5, 5.41) is 0. The van der Waals surface area contributed by atoms with Gasteiger partial charge in [-0.3, -0.25) is 0 Å². The first-order chi connectivity index (χ1) is 12.0. The topological polar surface area (TPSA) is 0 Å². The minimum atomic E-state index is 0.691. The Morgan fingerprint density at radius 3 is 2.32 bits per heavy atom. The summed E-state index contributed by atoms with van der Waals surface area (Å²) < 4.78 is 0. The van der Waals surface area contributed by atoms with Crippen molar-refractivity contribution in [2.24, 2.45) is 46.3 Å². The molecular formula is C25H44. The fraction of sp³-hybridized carbons (Fsp3) is 1.00. The van der Waals surface area contributed by atoms with Gasteiger partial charge in [-0.25, -0.2) is 0 Å². The molecule has 0 aromatic rings. The van der Waals surface area contributed by atoms with Crippen LogP contribution in [0.4, 0.5) is 0 Å². The molecule has 144 valence electrons. The molecule has 0 radical (unpaired) electrons. The highest BCUT2D eigenvalue weighted by Crippen LogP contribution is 2.67. The number of rotatable bonds is 3. The molecule has 8 atom stereocenters. The maximum Gasteiger partial charge on any atom is -0.0266 e. The van der Waals surface area contributed by atoms with Crippen molar-refractivity contribution in [3.63, 3.8) is 0 Å². The third-order valence-electron chi connectivity index (χ3n) is 10.4. The lowest BCUT2D eigenvalue weighted by Crippen LogP contribution is -2.56. The van der Waals surface area contributed by atoms with Crippen molar-refractivity contribution >= 4 is 0 Å². The van der Waals surface area contributed by atoms with Crippen LogP contribution in [0.25, 0.3) is 0 Å². The van der Waals surface area contributed by atoms with Gasteiger partial charge in [-0.15, -0.1) is 0 Å². The highest BCUT2D eigenvalue weighted by Gasteiger charge is 2.58. The van der Waals surface area contributed by atoms with Crippen LogP contribution in [0, 0.1) is 46.3 Å². The van der Waals surface area contributed by atoms with E-state index in [0.717, 1.165) is 35.5 Å². The van der Waals surface area contributed by atoms with Crippen molar-refractivity contribution in [3.05, 3.63) is 0 Å². The van der Waals surface area contributed by atoms with Gasteiger partial charge in [0.15, 0.2) is 0 Å². The summed E-state index contributed by atoms with van der Waals surface area (Å²) in [6.07, 6.45) is 19.9. The molecule has 0 aromatic carbocycles. The lowest BCUT2D eigenvalue weighted by Gasteiger charge is -2.64. The van der Waals surface area contributed by atoms with E-state index in [1.54, 1.807) is 51.4 Å². The molecule has 0 amide bonds. The first-order valence-electron chi connectivity index (χ1n) is 12.0. The van der Waals surface area contributed by atoms with E-state index in [1.165, 1.54) is 32.1 Å². The van der Waals surface area contributed by atoms with E-state index in [4.69, 9.17) is 0 Å². The van der Waals surface area contributed by atoms with E-state index in [2.05, 4.69) is 27.7 Å². The largest absolute Gasteiger partial charge is 0.0654 e. The number of hydrogen-bond acceptors (Lipinski definition) is 0. The van der Waals surface area contributed by atoms with Crippen LogP contribution >= 0.6 is 0 Å². The molecule has 0 aromatic heterocycles. The quantitative estimate of drug-likeness (QED) is 0.488. The Hall–Kier alpha value is 0. The lowest BCUT2D eigenvalue weighted by molar-refractivity contribution is -0.146. The molecule has 0 saturated heterocycles. The maximum atomic E-state index is 2.75. The Kier molecular flexibility index (Phi) is 5.04. The second-order valence-corrected chi connectivity index (χ2v) is 11.2. The molecular weight excluding hydrogens is 300 g/mol. The lowest BCUT2D eigenvalue weighted by atomic mass is 9.41. The van der Waals surface area contributed by atoms with Crippen LogP contribution in [0.3, 0.4) is 0 Å². The minimum absolute atomic E-state index is 0.691. The monoisotopic (exact) mass is 344 g/mol. The van der Waals surface area contributed by atoms with E-state index in [9.17, 15) is 0 Å². The molecule has 4 saturated carbocycles. The van der Waals surface area contributed by atoms with Crippen LogP contribution in [-0.4, -0.2) is 0 Å². The molecule has 0 N–H and O–H groups in total. The first-order valence-corrected chi connectivity index (χ1v) is 12.0. The Morgan fingerprint density at radius 1 is 0.800 bits per heavy atom. The number of hydrogen-bond donors (Lipinski definition) is 0. The van der Waals surface area contributed by atoms with Crippen LogP contribution in [0.1, 0.15) is 111 Å². The average Bonchev–Trinajstić information content (AvgIpc) is 2.61. The Bertz CT molecular complexity index is 467. The van der Waals surface area contributed by atoms with Gasteiger partial charge in [0.25, 0.3) is 0 Å². The summed E-state index contributed by atoms with van der Waals surface area (Å²) in [4.78, 5) is 0. The fourth-order valence-electron chi connectivity index (χ4n) is 9.00. The van der Waals surface area contributed by atoms with Gasteiger partial charge in [0, 0.05) is 0 Å². The molecule has 0 heterocycles. The third kappa shape index (κ3) is 2.84. The average molecular weight is 345 g/mol. The molecule has 0 bridgehead atoms. The predicted molar refractivity (Wildman–Crippen MR) is 109 cm³/mol. The predicted octanol–water partition coefficient (Wildman–Crippen LogP) is 7.86. The molecule has 0 spiro atoms. The van der Waals surface area contributed by atoms with E-state index in [-0.39, 0.29) is 0 Å². The zero-order valence-corrected chi connectivity index (χ0v) is 17.7. The minimum Gasteiger partial charge on any atom is -0.0654 e. The molecule has 4 rings (SSSR count). The maximum absolute atomic E-state index is 2.75. The van der Waals surface area contributed by atoms with Crippen molar-refractivity contribution in [3.8, 4) is 0 Å². The van der Waals surface area contributed by atoms with Crippen molar-refractivity contribution in [2.75, 3.05) is 0 Å². The van der Waals surface area contributed by atoms with E-state index in [0.29, 0.717) is 10.8 Å². The van der Waals surface area contributed by atoms with Crippen LogP contribution in [0.5, 0.6) is 0 Å². The summed E-state index contributed by atoms with van der Waals surface area (Å²) in [6.45, 7) is 10.3. The van der Waals surface area contributed by atoms with Crippen LogP contribution in [0.2, 0.25) is 0 Å². The molecule has 4 aliphatic rings. The van der Waals surface area contributed by atoms with Gasteiger partial charge < -0.3 is 0 Å². The van der Waals surface area contributed by atoms with Crippen LogP contribution < -0.4 is 0 Å². The zero-order valence-electron chi connectivity index (χ0n) is 17.7. The normalized spacial score (nSPS) is 52.8. The highest BCUT2D eigenvalue weighted by molar-refractivity contribution is 5.07. The van der Waals surface area contributed by atoms with E-state index >= 15 is 0 Å². The Labute approximate surface area is 157 Å². The number of fused-ring (bicyclic) bond motifs is 5. The van der Waals surface area contributed by atoms with Gasteiger partial charge in [-0.1, -0.05) is 53.4 Å². The van der Waals surface area contributed by atoms with Gasteiger partial charge in [0.2, 0.25) is 0 Å². The van der Waals surface area contributed by atoms with Crippen LogP contribution in [0.15, 0.2) is 0 Å². The molecule has 0 aliphatic heterocycles. The summed E-state index contributed by atoms with van der Waals surface area (Å²) in [5.41, 5.74) is 1.39. The standard InChI is InChI=1S/C25H44/c1-5-8-18-13-15-25(4)20(17-18)11-12-21-22-10-7-9-19(6-2)24(22,3)16-14-23(21)25/h18-23H,5-17H2,1-4H3. The summed E-state index contributed by atoms with van der Waals surface area (Å²) >= 11 is 0. The SMILES string of the molecule is CCCC1CCC2(C)C(CCC3C4CCCC(CC)C4(C)CCC32)C1. The summed E-state index contributed by atoms with van der Waals surface area (Å²) in [7, 11) is 0. The second kappa shape index (κ2) is 6.87.